The molecule has 0 heterocycles. The van der Waals surface area contributed by atoms with Crippen molar-refractivity contribution in [2.45, 2.75) is 38.6 Å². The lowest BCUT2D eigenvalue weighted by molar-refractivity contribution is -0.128. The summed E-state index contributed by atoms with van der Waals surface area (Å²) in [5, 5.41) is 2.74. The van der Waals surface area contributed by atoms with E-state index in [9.17, 15) is 9.59 Å². The van der Waals surface area contributed by atoms with E-state index in [1.165, 1.54) is 0 Å². The van der Waals surface area contributed by atoms with Gasteiger partial charge in [-0.3, -0.25) is 14.5 Å². The van der Waals surface area contributed by atoms with Gasteiger partial charge in [-0.1, -0.05) is 6.42 Å². The van der Waals surface area contributed by atoms with Crippen LogP contribution in [0.15, 0.2) is 0 Å². The van der Waals surface area contributed by atoms with Gasteiger partial charge in [-0.2, -0.15) is 0 Å². The van der Waals surface area contributed by atoms with Gasteiger partial charge in [0, 0.05) is 13.0 Å². The summed E-state index contributed by atoms with van der Waals surface area (Å²) in [5.74, 6) is 0.284. The predicted molar refractivity (Wildman–Crippen MR) is 58.6 cm³/mol. The zero-order chi connectivity index (χ0) is 11.3. The van der Waals surface area contributed by atoms with Crippen LogP contribution in [0.25, 0.3) is 0 Å². The van der Waals surface area contributed by atoms with Gasteiger partial charge in [0.25, 0.3) is 0 Å². The fourth-order valence-corrected chi connectivity index (χ4v) is 2.02. The average Bonchev–Trinajstić information content (AvgIpc) is 2.18. The van der Waals surface area contributed by atoms with E-state index >= 15 is 0 Å². The van der Waals surface area contributed by atoms with Gasteiger partial charge in [-0.25, -0.2) is 0 Å². The molecule has 1 amide bonds. The Kier molecular flexibility index (Phi) is 4.75. The van der Waals surface area contributed by atoms with Crippen LogP contribution in [0.5, 0.6) is 0 Å². The Bertz CT molecular complexity index is 241. The Morgan fingerprint density at radius 2 is 2.27 bits per heavy atom. The van der Waals surface area contributed by atoms with Crippen molar-refractivity contribution in [3.63, 3.8) is 0 Å². The van der Waals surface area contributed by atoms with Crippen LogP contribution in [0.4, 0.5) is 0 Å². The number of carbonyl (C=O) groups excluding carboxylic acids is 2. The quantitative estimate of drug-likeness (QED) is 0.741. The molecule has 86 valence electrons. The SMILES string of the molecule is CCNC(=O)CN(C)C1CCCCC1=O. The Labute approximate surface area is 91.0 Å². The topological polar surface area (TPSA) is 49.4 Å². The molecule has 1 rings (SSSR count). The Hall–Kier alpha value is -0.900. The number of likely N-dealkylation sites (N-methyl/N-ethyl adjacent to an activating group) is 2. The molecule has 0 aromatic heterocycles. The first-order chi connectivity index (χ1) is 7.15. The zero-order valence-corrected chi connectivity index (χ0v) is 9.58. The molecule has 4 heteroatoms. The molecule has 1 saturated carbocycles. The highest BCUT2D eigenvalue weighted by Crippen LogP contribution is 2.18. The lowest BCUT2D eigenvalue weighted by Crippen LogP contribution is -2.45. The van der Waals surface area contributed by atoms with E-state index in [4.69, 9.17) is 0 Å². The van der Waals surface area contributed by atoms with Gasteiger partial charge in [0.1, 0.15) is 5.78 Å². The average molecular weight is 212 g/mol. The molecule has 4 nitrogen and oxygen atoms in total. The molecule has 0 aromatic carbocycles. The largest absolute Gasteiger partial charge is 0.355 e. The zero-order valence-electron chi connectivity index (χ0n) is 9.58. The molecule has 15 heavy (non-hydrogen) atoms. The number of carbonyl (C=O) groups is 2. The Morgan fingerprint density at radius 1 is 1.53 bits per heavy atom. The molecule has 1 N–H and O–H groups in total. The third kappa shape index (κ3) is 3.63. The highest BCUT2D eigenvalue weighted by atomic mass is 16.2. The Morgan fingerprint density at radius 3 is 2.87 bits per heavy atom. The molecule has 0 saturated heterocycles. The molecule has 1 atom stereocenters. The summed E-state index contributed by atoms with van der Waals surface area (Å²) >= 11 is 0. The first-order valence-electron chi connectivity index (χ1n) is 5.64. The first kappa shape index (κ1) is 12.2. The maximum atomic E-state index is 11.6. The van der Waals surface area contributed by atoms with Crippen molar-refractivity contribution in [2.75, 3.05) is 20.1 Å². The number of amides is 1. The maximum absolute atomic E-state index is 11.6. The maximum Gasteiger partial charge on any atom is 0.234 e. The van der Waals surface area contributed by atoms with Crippen molar-refractivity contribution in [1.29, 1.82) is 0 Å². The summed E-state index contributed by atoms with van der Waals surface area (Å²) in [6, 6.07) is -0.0404. The number of hydrogen-bond acceptors (Lipinski definition) is 3. The predicted octanol–water partition coefficient (Wildman–Crippen LogP) is 0.566. The summed E-state index contributed by atoms with van der Waals surface area (Å²) in [4.78, 5) is 24.8. The normalized spacial score (nSPS) is 21.8. The molecule has 0 radical (unpaired) electrons. The van der Waals surface area contributed by atoms with Gasteiger partial charge in [0.2, 0.25) is 5.91 Å². The molecule has 1 unspecified atom stereocenters. The highest BCUT2D eigenvalue weighted by molar-refractivity contribution is 5.85. The van der Waals surface area contributed by atoms with E-state index in [-0.39, 0.29) is 17.7 Å². The standard InChI is InChI=1S/C11H20N2O2/c1-3-12-11(15)8-13(2)9-6-4-5-7-10(9)14/h9H,3-8H2,1-2H3,(H,12,15). The number of ketones is 1. The third-order valence-corrected chi connectivity index (χ3v) is 2.82. The highest BCUT2D eigenvalue weighted by Gasteiger charge is 2.26. The van der Waals surface area contributed by atoms with E-state index in [0.717, 1.165) is 19.3 Å². The number of rotatable bonds is 4. The molecule has 0 aliphatic heterocycles. The van der Waals surface area contributed by atoms with Crippen LogP contribution in [0.3, 0.4) is 0 Å². The lowest BCUT2D eigenvalue weighted by atomic mass is 9.93. The second-order valence-electron chi connectivity index (χ2n) is 4.10. The summed E-state index contributed by atoms with van der Waals surface area (Å²) in [6.45, 7) is 2.86. The molecule has 1 aliphatic carbocycles. The van der Waals surface area contributed by atoms with Gasteiger partial charge >= 0.3 is 0 Å². The van der Waals surface area contributed by atoms with Gasteiger partial charge < -0.3 is 5.32 Å². The van der Waals surface area contributed by atoms with Crippen LogP contribution in [0, 0.1) is 0 Å². The van der Waals surface area contributed by atoms with Crippen molar-refractivity contribution in [1.82, 2.24) is 10.2 Å². The summed E-state index contributed by atoms with van der Waals surface area (Å²) in [7, 11) is 1.85. The number of hydrogen-bond donors (Lipinski definition) is 1. The van der Waals surface area contributed by atoms with Gasteiger partial charge in [0.15, 0.2) is 0 Å². The second-order valence-corrected chi connectivity index (χ2v) is 4.10. The van der Waals surface area contributed by atoms with Crippen LogP contribution in [-0.4, -0.2) is 42.8 Å². The van der Waals surface area contributed by atoms with Crippen molar-refractivity contribution < 1.29 is 9.59 Å². The smallest absolute Gasteiger partial charge is 0.234 e. The lowest BCUT2D eigenvalue weighted by Gasteiger charge is -2.29. The van der Waals surface area contributed by atoms with Crippen LogP contribution in [0.1, 0.15) is 32.6 Å². The minimum Gasteiger partial charge on any atom is -0.355 e. The van der Waals surface area contributed by atoms with Gasteiger partial charge in [-0.15, -0.1) is 0 Å². The minimum absolute atomic E-state index is 0.00151. The monoisotopic (exact) mass is 212 g/mol. The van der Waals surface area contributed by atoms with E-state index in [2.05, 4.69) is 5.32 Å². The molecule has 1 fully saturated rings. The van der Waals surface area contributed by atoms with Gasteiger partial charge in [0.05, 0.1) is 12.6 Å². The van der Waals surface area contributed by atoms with Crippen LogP contribution < -0.4 is 5.32 Å². The number of Topliss-reactive ketones (excluding diaryl/α,β-unsaturated/α-hetero) is 1. The van der Waals surface area contributed by atoms with E-state index in [1.54, 1.807) is 0 Å². The van der Waals surface area contributed by atoms with Gasteiger partial charge in [-0.05, 0) is 26.8 Å². The van der Waals surface area contributed by atoms with Crippen molar-refractivity contribution in [3.05, 3.63) is 0 Å². The Balaban J connectivity index is 2.41. The van der Waals surface area contributed by atoms with Crippen LogP contribution in [-0.2, 0) is 9.59 Å². The second kappa shape index (κ2) is 5.85. The molecular weight excluding hydrogens is 192 g/mol. The fourth-order valence-electron chi connectivity index (χ4n) is 2.02. The molecule has 0 aromatic rings. The molecule has 1 aliphatic rings. The van der Waals surface area contributed by atoms with Crippen molar-refractivity contribution in [3.8, 4) is 0 Å². The van der Waals surface area contributed by atoms with E-state index in [1.807, 2.05) is 18.9 Å². The summed E-state index contributed by atoms with van der Waals surface area (Å²) in [6.07, 6.45) is 3.67. The first-order valence-corrected chi connectivity index (χ1v) is 5.64. The van der Waals surface area contributed by atoms with Crippen molar-refractivity contribution in [2.24, 2.45) is 0 Å². The van der Waals surface area contributed by atoms with E-state index < -0.39 is 0 Å². The third-order valence-electron chi connectivity index (χ3n) is 2.82. The van der Waals surface area contributed by atoms with E-state index in [0.29, 0.717) is 19.5 Å². The van der Waals surface area contributed by atoms with Crippen LogP contribution in [0.2, 0.25) is 0 Å². The molecule has 0 bridgehead atoms. The fraction of sp³-hybridized carbons (Fsp3) is 0.818. The summed E-state index contributed by atoms with van der Waals surface area (Å²) in [5.41, 5.74) is 0. The van der Waals surface area contributed by atoms with Crippen LogP contribution >= 0.6 is 0 Å². The number of nitrogens with one attached hydrogen (secondary N) is 1. The molecular formula is C11H20N2O2. The summed E-state index contributed by atoms with van der Waals surface area (Å²) < 4.78 is 0. The number of nitrogens with zero attached hydrogens (tertiary/aromatic N) is 1. The minimum atomic E-state index is -0.0404. The molecule has 0 spiro atoms. The van der Waals surface area contributed by atoms with Crippen molar-refractivity contribution >= 4 is 11.7 Å².